The molecule has 0 spiro atoms. The summed E-state index contributed by atoms with van der Waals surface area (Å²) in [7, 11) is 2.42. The molecule has 6 heteroatoms. The van der Waals surface area contributed by atoms with Crippen molar-refractivity contribution in [3.63, 3.8) is 0 Å². The molecule has 0 saturated heterocycles. The smallest absolute Gasteiger partial charge is 0.340 e. The number of anilines is 1. The molecule has 0 aliphatic heterocycles. The van der Waals surface area contributed by atoms with Crippen molar-refractivity contribution in [2.24, 2.45) is 0 Å². The maximum atomic E-state index is 11.3. The van der Waals surface area contributed by atoms with Crippen molar-refractivity contribution in [1.29, 1.82) is 0 Å². The number of aromatic nitrogens is 1. The average molecular weight is 210 g/mol. The van der Waals surface area contributed by atoms with Gasteiger partial charge in [-0.2, -0.15) is 0 Å². The highest BCUT2D eigenvalue weighted by Crippen LogP contribution is 2.13. The van der Waals surface area contributed by atoms with E-state index in [1.165, 1.54) is 26.5 Å². The van der Waals surface area contributed by atoms with Crippen molar-refractivity contribution in [2.45, 2.75) is 0 Å². The molecule has 0 radical (unpaired) electrons. The van der Waals surface area contributed by atoms with Gasteiger partial charge < -0.3 is 15.2 Å². The van der Waals surface area contributed by atoms with Crippen LogP contribution in [0.25, 0.3) is 0 Å². The van der Waals surface area contributed by atoms with E-state index in [9.17, 15) is 9.59 Å². The fraction of sp³-hybridized carbons (Fsp3) is 0.222. The molecule has 1 rings (SSSR count). The lowest BCUT2D eigenvalue weighted by molar-refractivity contribution is 0.0555. The van der Waals surface area contributed by atoms with Gasteiger partial charge in [-0.15, -0.1) is 0 Å². The Balaban J connectivity index is 3.26. The van der Waals surface area contributed by atoms with Crippen LogP contribution in [0, 0.1) is 0 Å². The van der Waals surface area contributed by atoms with E-state index in [1.807, 2.05) is 0 Å². The van der Waals surface area contributed by atoms with Crippen LogP contribution in [0.2, 0.25) is 0 Å². The Morgan fingerprint density at radius 3 is 2.27 bits per heavy atom. The fourth-order valence-corrected chi connectivity index (χ4v) is 1.02. The molecule has 1 heterocycles. The number of pyridine rings is 1. The van der Waals surface area contributed by atoms with Crippen molar-refractivity contribution in [3.8, 4) is 0 Å². The molecule has 0 saturated carbocycles. The third-order valence-corrected chi connectivity index (χ3v) is 1.74. The zero-order chi connectivity index (χ0) is 11.4. The Bertz CT molecular complexity index is 403. The molecular formula is C9H10N2O4. The van der Waals surface area contributed by atoms with Crippen LogP contribution in [-0.2, 0) is 9.47 Å². The minimum absolute atomic E-state index is 0.0264. The summed E-state index contributed by atoms with van der Waals surface area (Å²) < 4.78 is 8.98. The Morgan fingerprint density at radius 2 is 1.73 bits per heavy atom. The first kappa shape index (κ1) is 11.0. The van der Waals surface area contributed by atoms with Gasteiger partial charge in [-0.1, -0.05) is 0 Å². The van der Waals surface area contributed by atoms with Gasteiger partial charge in [0.05, 0.1) is 25.3 Å². The SMILES string of the molecule is COC(=O)c1cnc(N)cc1C(=O)OC. The molecule has 0 aliphatic rings. The van der Waals surface area contributed by atoms with E-state index in [4.69, 9.17) is 5.73 Å². The predicted molar refractivity (Wildman–Crippen MR) is 51.3 cm³/mol. The maximum Gasteiger partial charge on any atom is 0.340 e. The molecule has 15 heavy (non-hydrogen) atoms. The lowest BCUT2D eigenvalue weighted by atomic mass is 10.1. The second-order valence-electron chi connectivity index (χ2n) is 2.64. The molecule has 0 bridgehead atoms. The molecule has 0 aromatic carbocycles. The van der Waals surface area contributed by atoms with Crippen LogP contribution in [0.15, 0.2) is 12.3 Å². The van der Waals surface area contributed by atoms with E-state index in [2.05, 4.69) is 14.5 Å². The summed E-state index contributed by atoms with van der Waals surface area (Å²) in [5.41, 5.74) is 5.46. The minimum Gasteiger partial charge on any atom is -0.465 e. The van der Waals surface area contributed by atoms with Crippen LogP contribution in [0.4, 0.5) is 5.82 Å². The topological polar surface area (TPSA) is 91.5 Å². The van der Waals surface area contributed by atoms with E-state index < -0.39 is 11.9 Å². The van der Waals surface area contributed by atoms with E-state index in [-0.39, 0.29) is 16.9 Å². The monoisotopic (exact) mass is 210 g/mol. The van der Waals surface area contributed by atoms with E-state index >= 15 is 0 Å². The van der Waals surface area contributed by atoms with Gasteiger partial charge in [0, 0.05) is 6.20 Å². The number of carbonyl (C=O) groups is 2. The molecule has 0 aliphatic carbocycles. The van der Waals surface area contributed by atoms with Crippen LogP contribution in [0.3, 0.4) is 0 Å². The van der Waals surface area contributed by atoms with Gasteiger partial charge in [0.1, 0.15) is 5.82 Å². The van der Waals surface area contributed by atoms with E-state index in [1.54, 1.807) is 0 Å². The first-order valence-electron chi connectivity index (χ1n) is 4.02. The van der Waals surface area contributed by atoms with Gasteiger partial charge in [0.2, 0.25) is 0 Å². The highest BCUT2D eigenvalue weighted by atomic mass is 16.5. The first-order chi connectivity index (χ1) is 7.10. The number of methoxy groups -OCH3 is 2. The minimum atomic E-state index is -0.664. The van der Waals surface area contributed by atoms with Gasteiger partial charge in [-0.05, 0) is 6.07 Å². The molecular weight excluding hydrogens is 200 g/mol. The highest BCUT2D eigenvalue weighted by molar-refractivity contribution is 6.03. The normalized spacial score (nSPS) is 9.47. The van der Waals surface area contributed by atoms with Gasteiger partial charge >= 0.3 is 11.9 Å². The zero-order valence-corrected chi connectivity index (χ0v) is 8.31. The summed E-state index contributed by atoms with van der Waals surface area (Å²) in [5, 5.41) is 0. The van der Waals surface area contributed by atoms with Crippen LogP contribution >= 0.6 is 0 Å². The molecule has 0 atom stereocenters. The Morgan fingerprint density at radius 1 is 1.20 bits per heavy atom. The quantitative estimate of drug-likeness (QED) is 0.703. The first-order valence-corrected chi connectivity index (χ1v) is 4.02. The molecule has 0 amide bonds. The van der Waals surface area contributed by atoms with Crippen LogP contribution in [0.1, 0.15) is 20.7 Å². The van der Waals surface area contributed by atoms with Crippen molar-refractivity contribution < 1.29 is 19.1 Å². The lowest BCUT2D eigenvalue weighted by Crippen LogP contribution is -2.13. The highest BCUT2D eigenvalue weighted by Gasteiger charge is 2.18. The Hall–Kier alpha value is -2.11. The molecule has 0 fully saturated rings. The van der Waals surface area contributed by atoms with Crippen molar-refractivity contribution in [1.82, 2.24) is 4.98 Å². The summed E-state index contributed by atoms with van der Waals surface area (Å²) in [6.45, 7) is 0. The summed E-state index contributed by atoms with van der Waals surface area (Å²) in [5.74, 6) is -1.20. The predicted octanol–water partition coefficient (Wildman–Crippen LogP) is 0.237. The summed E-state index contributed by atoms with van der Waals surface area (Å²) >= 11 is 0. The van der Waals surface area contributed by atoms with Crippen LogP contribution < -0.4 is 5.73 Å². The third kappa shape index (κ3) is 2.22. The van der Waals surface area contributed by atoms with E-state index in [0.717, 1.165) is 0 Å². The van der Waals surface area contributed by atoms with Gasteiger partial charge in [-0.3, -0.25) is 0 Å². The van der Waals surface area contributed by atoms with Crippen molar-refractivity contribution in [2.75, 3.05) is 20.0 Å². The number of rotatable bonds is 2. The van der Waals surface area contributed by atoms with Crippen LogP contribution in [-0.4, -0.2) is 31.1 Å². The molecule has 80 valence electrons. The second kappa shape index (κ2) is 4.41. The number of hydrogen-bond donors (Lipinski definition) is 1. The average Bonchev–Trinajstić information content (AvgIpc) is 2.26. The zero-order valence-electron chi connectivity index (χ0n) is 8.31. The molecule has 2 N–H and O–H groups in total. The number of hydrogen-bond acceptors (Lipinski definition) is 6. The van der Waals surface area contributed by atoms with Gasteiger partial charge in [0.25, 0.3) is 0 Å². The van der Waals surface area contributed by atoms with E-state index in [0.29, 0.717) is 0 Å². The number of nitrogen functional groups attached to an aromatic ring is 1. The molecule has 0 unspecified atom stereocenters. The molecule has 1 aromatic rings. The standard InChI is InChI=1S/C9H10N2O4/c1-14-8(12)5-3-7(10)11-4-6(5)9(13)15-2/h3-4H,1-2H3,(H2,10,11). The third-order valence-electron chi connectivity index (χ3n) is 1.74. The molecule has 6 nitrogen and oxygen atoms in total. The van der Waals surface area contributed by atoms with Gasteiger partial charge in [-0.25, -0.2) is 14.6 Å². The lowest BCUT2D eigenvalue weighted by Gasteiger charge is -2.05. The van der Waals surface area contributed by atoms with Crippen molar-refractivity contribution in [3.05, 3.63) is 23.4 Å². The summed E-state index contributed by atoms with van der Waals surface area (Å²) in [4.78, 5) is 26.2. The summed E-state index contributed by atoms with van der Waals surface area (Å²) in [6.07, 6.45) is 1.17. The number of carbonyl (C=O) groups excluding carboxylic acids is 2. The largest absolute Gasteiger partial charge is 0.465 e. The summed E-state index contributed by atoms with van der Waals surface area (Å²) in [6, 6.07) is 1.26. The molecule has 1 aromatic heterocycles. The number of nitrogens with two attached hydrogens (primary N) is 1. The van der Waals surface area contributed by atoms with Crippen LogP contribution in [0.5, 0.6) is 0 Å². The maximum absolute atomic E-state index is 11.3. The number of nitrogens with zero attached hydrogens (tertiary/aromatic N) is 1. The fourth-order valence-electron chi connectivity index (χ4n) is 1.02. The van der Waals surface area contributed by atoms with Crippen molar-refractivity contribution >= 4 is 17.8 Å². The Labute approximate surface area is 86.0 Å². The number of ether oxygens (including phenoxy) is 2. The number of esters is 2. The Kier molecular flexibility index (Phi) is 3.22. The van der Waals surface area contributed by atoms with Gasteiger partial charge in [0.15, 0.2) is 0 Å². The second-order valence-corrected chi connectivity index (χ2v) is 2.64.